The maximum absolute atomic E-state index is 13.4. The summed E-state index contributed by atoms with van der Waals surface area (Å²) in [6.45, 7) is 19.4. The molecule has 14 nitrogen and oxygen atoms in total. The Kier molecular flexibility index (Phi) is 11.0. The lowest BCUT2D eigenvalue weighted by Gasteiger charge is -2.52. The Balaban J connectivity index is 0.717. The molecule has 314 valence electrons. The molecule has 1 aromatic heterocycles. The lowest BCUT2D eigenvalue weighted by molar-refractivity contribution is -0.136. The molecule has 0 bridgehead atoms. The number of piperazine rings is 1. The van der Waals surface area contributed by atoms with Crippen molar-refractivity contribution < 1.29 is 23.9 Å². The Morgan fingerprint density at radius 1 is 0.803 bits per heavy atom. The molecule has 15 heteroatoms. The van der Waals surface area contributed by atoms with E-state index < -0.39 is 23.8 Å². The summed E-state index contributed by atoms with van der Waals surface area (Å²) in [5.74, 6) is -0.460. The summed E-state index contributed by atoms with van der Waals surface area (Å²) in [7, 11) is 0. The maximum atomic E-state index is 13.4. The zero-order chi connectivity index (χ0) is 42.4. The summed E-state index contributed by atoms with van der Waals surface area (Å²) in [5, 5.41) is 2.81. The number of aromatic nitrogens is 2. The summed E-state index contributed by atoms with van der Waals surface area (Å²) in [6, 6.07) is 20.9. The van der Waals surface area contributed by atoms with Gasteiger partial charge in [0, 0.05) is 93.2 Å². The molecule has 4 amide bonds. The molecule has 0 aliphatic carbocycles. The van der Waals surface area contributed by atoms with E-state index in [-0.39, 0.29) is 24.2 Å². The van der Waals surface area contributed by atoms with Gasteiger partial charge in [-0.05, 0) is 78.9 Å². The van der Waals surface area contributed by atoms with Gasteiger partial charge in [0.05, 0.1) is 23.4 Å². The smallest absolute Gasteiger partial charge is 0.262 e. The van der Waals surface area contributed by atoms with E-state index in [2.05, 4.69) is 60.7 Å². The number of nitrogens with one attached hydrogen (secondary N) is 1. The fraction of sp³-hybridized carbons (Fsp3) is 0.413. The van der Waals surface area contributed by atoms with E-state index in [0.717, 1.165) is 104 Å². The van der Waals surface area contributed by atoms with Crippen LogP contribution >= 0.6 is 11.6 Å². The first kappa shape index (κ1) is 40.5. The van der Waals surface area contributed by atoms with Crippen molar-refractivity contribution >= 4 is 52.6 Å². The minimum atomic E-state index is -0.968. The third-order valence-corrected chi connectivity index (χ3v) is 13.4. The number of halogens is 1. The molecule has 0 spiro atoms. The number of ether oxygens (including phenoxy) is 1. The zero-order valence-electron chi connectivity index (χ0n) is 34.3. The third kappa shape index (κ3) is 8.05. The first-order valence-corrected chi connectivity index (χ1v) is 21.4. The number of amides is 4. The van der Waals surface area contributed by atoms with Crippen molar-refractivity contribution in [3.05, 3.63) is 117 Å². The molecule has 4 aromatic rings. The molecule has 5 aliphatic rings. The van der Waals surface area contributed by atoms with E-state index in [4.69, 9.17) is 27.9 Å². The van der Waals surface area contributed by atoms with Gasteiger partial charge in [-0.25, -0.2) is 14.8 Å². The second kappa shape index (κ2) is 16.5. The van der Waals surface area contributed by atoms with Crippen LogP contribution in [0.5, 0.6) is 5.75 Å². The summed E-state index contributed by atoms with van der Waals surface area (Å²) in [6.07, 6.45) is 4.16. The lowest BCUT2D eigenvalue weighted by Crippen LogP contribution is -2.66. The molecule has 3 aromatic carbocycles. The molecule has 1 unspecified atom stereocenters. The van der Waals surface area contributed by atoms with Crippen molar-refractivity contribution in [2.75, 3.05) is 62.2 Å². The van der Waals surface area contributed by atoms with Gasteiger partial charge >= 0.3 is 0 Å². The predicted molar refractivity (Wildman–Crippen MR) is 230 cm³/mol. The SMILES string of the molecule is [C-]#[N+]c1cc(Cl)cc(C(C)(C)c2ccc(OCc3ccnc(N4CCC(N5CC(N6CCN(c7ccc8c(c7)C(=O)N(C7CCC(=O)NC7=O)C8=O)CC6)C5)CC4)n3)cc2)c1. The van der Waals surface area contributed by atoms with Gasteiger partial charge in [-0.2, -0.15) is 0 Å². The molecule has 1 atom stereocenters. The van der Waals surface area contributed by atoms with Gasteiger partial charge in [-0.15, -0.1) is 0 Å². The number of benzene rings is 3. The van der Waals surface area contributed by atoms with Crippen molar-refractivity contribution in [2.24, 2.45) is 0 Å². The Bertz CT molecular complexity index is 2410. The molecule has 61 heavy (non-hydrogen) atoms. The summed E-state index contributed by atoms with van der Waals surface area (Å²) in [4.78, 5) is 74.4. The van der Waals surface area contributed by atoms with E-state index in [9.17, 15) is 19.2 Å². The number of fused-ring (bicyclic) bond motifs is 1. The normalized spacial score (nSPS) is 20.7. The molecule has 0 saturated carbocycles. The number of imide groups is 2. The van der Waals surface area contributed by atoms with Crippen molar-refractivity contribution in [2.45, 2.75) is 69.7 Å². The fourth-order valence-electron chi connectivity index (χ4n) is 9.36. The number of hydrogen-bond donors (Lipinski definition) is 1. The molecular weight excluding hydrogens is 794 g/mol. The van der Waals surface area contributed by atoms with E-state index >= 15 is 0 Å². The van der Waals surface area contributed by atoms with Crippen LogP contribution in [0.4, 0.5) is 17.3 Å². The number of piperidine rings is 2. The van der Waals surface area contributed by atoms with E-state index in [1.54, 1.807) is 18.2 Å². The summed E-state index contributed by atoms with van der Waals surface area (Å²) >= 11 is 6.31. The fourth-order valence-corrected chi connectivity index (χ4v) is 9.59. The molecule has 5 aliphatic heterocycles. The van der Waals surface area contributed by atoms with E-state index in [1.807, 2.05) is 42.6 Å². The molecule has 4 saturated heterocycles. The van der Waals surface area contributed by atoms with Gasteiger partial charge in [0.25, 0.3) is 11.8 Å². The largest absolute Gasteiger partial charge is 0.487 e. The first-order chi connectivity index (χ1) is 29.4. The second-order valence-electron chi connectivity index (χ2n) is 17.1. The number of anilines is 2. The molecule has 0 radical (unpaired) electrons. The van der Waals surface area contributed by atoms with Gasteiger partial charge in [0.1, 0.15) is 18.4 Å². The van der Waals surface area contributed by atoms with Gasteiger partial charge in [-0.3, -0.25) is 39.2 Å². The predicted octanol–water partition coefficient (Wildman–Crippen LogP) is 5.46. The number of nitrogens with zero attached hydrogens (tertiary/aromatic N) is 8. The van der Waals surface area contributed by atoms with Gasteiger partial charge in [-0.1, -0.05) is 43.6 Å². The minimum Gasteiger partial charge on any atom is -0.487 e. The monoisotopic (exact) mass is 841 g/mol. The van der Waals surface area contributed by atoms with Crippen LogP contribution in [0, 0.1) is 6.57 Å². The quantitative estimate of drug-likeness (QED) is 0.161. The third-order valence-electron chi connectivity index (χ3n) is 13.2. The minimum absolute atomic E-state index is 0.0964. The topological polar surface area (TPSA) is 136 Å². The Morgan fingerprint density at radius 3 is 2.26 bits per heavy atom. The standard InChI is InChI=1S/C46H48ClN9O5/c1-46(2,30-22-31(47)24-33(23-30)48-3)29-4-7-37(8-5-29)61-28-32-12-15-49-45(50-32)54-16-13-34(14-17-54)55-26-36(27-55)53-20-18-52(19-21-53)35-6-9-38-39(25-35)44(60)56(43(38)59)40-10-11-41(57)51-42(40)58/h4-9,12,15,22-25,34,36,40H,10-11,13-14,16-21,26-28H2,1-2H3,(H,51,57,58). The number of likely N-dealkylation sites (tertiary alicyclic amines) is 1. The first-order valence-electron chi connectivity index (χ1n) is 21.0. The maximum Gasteiger partial charge on any atom is 0.262 e. The molecule has 4 fully saturated rings. The van der Waals surface area contributed by atoms with Crippen molar-refractivity contribution in [1.82, 2.24) is 30.0 Å². The average molecular weight is 842 g/mol. The molecule has 6 heterocycles. The number of carbonyl (C=O) groups is 4. The van der Waals surface area contributed by atoms with Crippen molar-refractivity contribution in [3.63, 3.8) is 0 Å². The highest BCUT2D eigenvalue weighted by molar-refractivity contribution is 6.31. The van der Waals surface area contributed by atoms with Crippen molar-refractivity contribution in [3.8, 4) is 5.75 Å². The van der Waals surface area contributed by atoms with Crippen LogP contribution in [0.2, 0.25) is 5.02 Å². The highest BCUT2D eigenvalue weighted by Crippen LogP contribution is 2.37. The number of carbonyl (C=O) groups excluding carboxylic acids is 4. The molecule has 9 rings (SSSR count). The van der Waals surface area contributed by atoms with Crippen LogP contribution in [0.3, 0.4) is 0 Å². The zero-order valence-corrected chi connectivity index (χ0v) is 35.1. The lowest BCUT2D eigenvalue weighted by atomic mass is 9.78. The van der Waals surface area contributed by atoms with Crippen LogP contribution in [-0.2, 0) is 21.6 Å². The van der Waals surface area contributed by atoms with Crippen LogP contribution in [0.1, 0.15) is 77.1 Å². The van der Waals surface area contributed by atoms with Crippen LogP contribution in [0.25, 0.3) is 4.85 Å². The van der Waals surface area contributed by atoms with Crippen LogP contribution in [0.15, 0.2) is 72.9 Å². The summed E-state index contributed by atoms with van der Waals surface area (Å²) < 4.78 is 6.15. The number of rotatable bonds is 10. The highest BCUT2D eigenvalue weighted by atomic mass is 35.5. The van der Waals surface area contributed by atoms with Gasteiger partial charge < -0.3 is 14.5 Å². The summed E-state index contributed by atoms with van der Waals surface area (Å²) in [5.41, 5.74) is 4.60. The van der Waals surface area contributed by atoms with Crippen LogP contribution in [-0.4, -0.2) is 119 Å². The van der Waals surface area contributed by atoms with Gasteiger partial charge in [0.2, 0.25) is 17.8 Å². The molecular formula is C46H48ClN9O5. The average Bonchev–Trinajstić information content (AvgIpc) is 3.50. The van der Waals surface area contributed by atoms with Crippen LogP contribution < -0.4 is 19.9 Å². The second-order valence-corrected chi connectivity index (χ2v) is 17.6. The Labute approximate surface area is 360 Å². The van der Waals surface area contributed by atoms with E-state index in [0.29, 0.717) is 40.5 Å². The van der Waals surface area contributed by atoms with Gasteiger partial charge in [0.15, 0.2) is 5.69 Å². The van der Waals surface area contributed by atoms with Crippen molar-refractivity contribution in [1.29, 1.82) is 0 Å². The van der Waals surface area contributed by atoms with E-state index in [1.165, 1.54) is 0 Å². The Morgan fingerprint density at radius 2 is 1.54 bits per heavy atom. The Hall–Kier alpha value is -5.88. The highest BCUT2D eigenvalue weighted by Gasteiger charge is 2.45. The molecule has 1 N–H and O–H groups in total. The number of hydrogen-bond acceptors (Lipinski definition) is 11.